The third kappa shape index (κ3) is 8.90. The molecule has 12 heteroatoms. The molecule has 2 aliphatic heterocycles. The molecule has 0 aromatic heterocycles. The average Bonchev–Trinajstić information content (AvgIpc) is 3.52. The molecule has 3 aromatic carbocycles. The fraction of sp³-hybridized carbons (Fsp3) is 0.413. The SMILES string of the molecule is CCCCN1/C(=C/C=C2\CCCC(/C=C/C3=[N+](CCCC)c4ccc(S(=O)(=O)O)cc4C3(C)C)=C2NCCc2ccc(N)cc2)C(C)(C)c2cc(S(=O)(=O)O)ccc21. The van der Waals surface area contributed by atoms with Crippen LogP contribution in [0.15, 0.2) is 117 Å². The van der Waals surface area contributed by atoms with Gasteiger partial charge in [0.25, 0.3) is 20.2 Å². The summed E-state index contributed by atoms with van der Waals surface area (Å²) in [5.74, 6) is 0. The van der Waals surface area contributed by atoms with Crippen LogP contribution < -0.4 is 16.0 Å². The van der Waals surface area contributed by atoms with Gasteiger partial charge in [-0.15, -0.1) is 0 Å². The Kier molecular flexibility index (Phi) is 12.6. The minimum Gasteiger partial charge on any atom is -0.399 e. The van der Waals surface area contributed by atoms with Crippen LogP contribution in [0.5, 0.6) is 0 Å². The first-order valence-corrected chi connectivity index (χ1v) is 23.3. The molecule has 2 heterocycles. The molecule has 310 valence electrons. The molecule has 1 aliphatic carbocycles. The van der Waals surface area contributed by atoms with Crippen LogP contribution in [0.2, 0.25) is 0 Å². The van der Waals surface area contributed by atoms with E-state index in [0.29, 0.717) is 6.54 Å². The summed E-state index contributed by atoms with van der Waals surface area (Å²) in [7, 11) is -8.73. The molecule has 0 radical (unpaired) electrons. The molecule has 0 fully saturated rings. The van der Waals surface area contributed by atoms with Crippen LogP contribution in [0.4, 0.5) is 17.1 Å². The highest BCUT2D eigenvalue weighted by Gasteiger charge is 2.45. The first-order chi connectivity index (χ1) is 27.4. The predicted octanol–water partition coefficient (Wildman–Crippen LogP) is 9.17. The van der Waals surface area contributed by atoms with Crippen LogP contribution in [0, 0.1) is 0 Å². The maximum absolute atomic E-state index is 12.2. The Bertz CT molecular complexity index is 2440. The van der Waals surface area contributed by atoms with Gasteiger partial charge in [0.15, 0.2) is 5.71 Å². The lowest BCUT2D eigenvalue weighted by atomic mass is 9.81. The van der Waals surface area contributed by atoms with Crippen molar-refractivity contribution in [2.45, 2.75) is 114 Å². The Labute approximate surface area is 345 Å². The highest BCUT2D eigenvalue weighted by atomic mass is 32.2. The largest absolute Gasteiger partial charge is 0.399 e. The molecular formula is C46H59N4O6S2+. The molecule has 0 saturated heterocycles. The Hall–Kier alpha value is -4.49. The van der Waals surface area contributed by atoms with Crippen molar-refractivity contribution in [3.63, 3.8) is 0 Å². The molecule has 0 bridgehead atoms. The first kappa shape index (κ1) is 43.1. The van der Waals surface area contributed by atoms with E-state index in [0.717, 1.165) is 110 Å². The number of hydrogen-bond acceptors (Lipinski definition) is 7. The van der Waals surface area contributed by atoms with Gasteiger partial charge in [-0.1, -0.05) is 64.8 Å². The molecule has 58 heavy (non-hydrogen) atoms. The van der Waals surface area contributed by atoms with Gasteiger partial charge < -0.3 is 16.0 Å². The zero-order valence-corrected chi connectivity index (χ0v) is 36.3. The van der Waals surface area contributed by atoms with Crippen LogP contribution in [-0.2, 0) is 37.5 Å². The van der Waals surface area contributed by atoms with E-state index in [1.165, 1.54) is 28.8 Å². The van der Waals surface area contributed by atoms with Gasteiger partial charge in [-0.05, 0) is 117 Å². The second-order valence-electron chi connectivity index (χ2n) is 16.7. The number of hydrogen-bond donors (Lipinski definition) is 4. The number of fused-ring (bicyclic) bond motifs is 2. The Morgan fingerprint density at radius 1 is 0.810 bits per heavy atom. The van der Waals surface area contributed by atoms with Crippen molar-refractivity contribution in [3.05, 3.63) is 124 Å². The summed E-state index contributed by atoms with van der Waals surface area (Å²) in [5.41, 5.74) is 16.0. The van der Waals surface area contributed by atoms with Crippen molar-refractivity contribution in [2.75, 3.05) is 30.3 Å². The summed E-state index contributed by atoms with van der Waals surface area (Å²) in [6.07, 6.45) is 16.2. The first-order valence-electron chi connectivity index (χ1n) is 20.5. The lowest BCUT2D eigenvalue weighted by Crippen LogP contribution is -2.28. The number of benzene rings is 3. The average molecular weight is 828 g/mol. The highest BCUT2D eigenvalue weighted by molar-refractivity contribution is 7.86. The third-order valence-electron chi connectivity index (χ3n) is 11.9. The fourth-order valence-electron chi connectivity index (χ4n) is 8.61. The Morgan fingerprint density at radius 3 is 2.12 bits per heavy atom. The monoisotopic (exact) mass is 827 g/mol. The van der Waals surface area contributed by atoms with Crippen LogP contribution in [0.1, 0.15) is 103 Å². The lowest BCUT2D eigenvalue weighted by Gasteiger charge is -2.28. The predicted molar refractivity (Wildman–Crippen MR) is 234 cm³/mol. The van der Waals surface area contributed by atoms with E-state index in [9.17, 15) is 25.9 Å². The molecule has 5 N–H and O–H groups in total. The van der Waals surface area contributed by atoms with Crippen molar-refractivity contribution >= 4 is 43.0 Å². The topological polar surface area (TPSA) is 153 Å². The van der Waals surface area contributed by atoms with Gasteiger partial charge in [-0.2, -0.15) is 21.4 Å². The second kappa shape index (κ2) is 17.0. The van der Waals surface area contributed by atoms with E-state index >= 15 is 0 Å². The van der Waals surface area contributed by atoms with Crippen LogP contribution in [0.3, 0.4) is 0 Å². The van der Waals surface area contributed by atoms with E-state index in [-0.39, 0.29) is 9.79 Å². The Morgan fingerprint density at radius 2 is 1.47 bits per heavy atom. The van der Waals surface area contributed by atoms with Crippen LogP contribution in [0.25, 0.3) is 0 Å². The van der Waals surface area contributed by atoms with E-state index in [4.69, 9.17) is 5.73 Å². The molecule has 10 nitrogen and oxygen atoms in total. The van der Waals surface area contributed by atoms with Gasteiger partial charge in [-0.3, -0.25) is 9.11 Å². The van der Waals surface area contributed by atoms with E-state index in [1.54, 1.807) is 12.1 Å². The summed E-state index contributed by atoms with van der Waals surface area (Å²) in [6, 6.07) is 17.8. The summed E-state index contributed by atoms with van der Waals surface area (Å²) < 4.78 is 70.8. The fourth-order valence-corrected chi connectivity index (χ4v) is 9.62. The number of nitrogens with two attached hydrogens (primary N) is 1. The standard InChI is InChI=1S/C46H58N4O6S2/c1-7-9-28-49-40-22-20-36(57(51,52)53)30-38(40)45(3,4)42(49)24-16-33-12-11-13-34(44(33)48-27-26-32-14-18-35(47)19-15-32)17-25-43-46(5,6)39-31-37(58(54,55)56)21-23-41(39)50(43)29-10-8-2/h14-25,30-31H,7-13,26-29,47H2,1-6H3,(H2,51,52,53,54,55,56)/p+1/b33-16+,42-24+. The molecule has 0 amide bonds. The summed E-state index contributed by atoms with van der Waals surface area (Å²) in [6.45, 7) is 15.0. The normalized spacial score (nSPS) is 19.1. The summed E-state index contributed by atoms with van der Waals surface area (Å²) >= 11 is 0. The third-order valence-corrected chi connectivity index (χ3v) is 13.6. The number of rotatable bonds is 15. The number of nitrogens with zero attached hydrogens (tertiary/aromatic N) is 2. The highest BCUT2D eigenvalue weighted by Crippen LogP contribution is 2.49. The van der Waals surface area contributed by atoms with E-state index in [2.05, 4.69) is 92.8 Å². The molecule has 0 unspecified atom stereocenters. The minimum atomic E-state index is -4.37. The zero-order chi connectivity index (χ0) is 42.0. The van der Waals surface area contributed by atoms with Gasteiger partial charge >= 0.3 is 0 Å². The van der Waals surface area contributed by atoms with Crippen LogP contribution >= 0.6 is 0 Å². The number of unbranched alkanes of at least 4 members (excludes halogenated alkanes) is 2. The van der Waals surface area contributed by atoms with E-state index < -0.39 is 31.1 Å². The van der Waals surface area contributed by atoms with Crippen molar-refractivity contribution in [1.29, 1.82) is 0 Å². The number of allylic oxidation sites excluding steroid dienone is 7. The van der Waals surface area contributed by atoms with Crippen molar-refractivity contribution in [2.24, 2.45) is 0 Å². The smallest absolute Gasteiger partial charge is 0.294 e. The molecule has 0 spiro atoms. The van der Waals surface area contributed by atoms with Gasteiger partial charge in [0.05, 0.1) is 15.2 Å². The molecule has 0 saturated carbocycles. The number of nitrogen functional groups attached to an aromatic ring is 1. The van der Waals surface area contributed by atoms with E-state index in [1.807, 2.05) is 24.3 Å². The van der Waals surface area contributed by atoms with Crippen molar-refractivity contribution in [3.8, 4) is 0 Å². The van der Waals surface area contributed by atoms with Crippen LogP contribution in [-0.4, -0.2) is 55.9 Å². The maximum Gasteiger partial charge on any atom is 0.294 e. The summed E-state index contributed by atoms with van der Waals surface area (Å²) in [4.78, 5) is 2.08. The molecular weight excluding hydrogens is 769 g/mol. The molecule has 3 aromatic rings. The maximum atomic E-state index is 12.2. The summed E-state index contributed by atoms with van der Waals surface area (Å²) in [5, 5.41) is 3.82. The van der Waals surface area contributed by atoms with Gasteiger partial charge in [-0.25, -0.2) is 0 Å². The Balaban J connectivity index is 1.43. The quantitative estimate of drug-likeness (QED) is 0.0668. The van der Waals surface area contributed by atoms with Crippen molar-refractivity contribution in [1.82, 2.24) is 5.32 Å². The van der Waals surface area contributed by atoms with Gasteiger partial charge in [0.2, 0.25) is 5.69 Å². The van der Waals surface area contributed by atoms with Gasteiger partial charge in [0, 0.05) is 65.4 Å². The molecule has 6 rings (SSSR count). The molecule has 3 aliphatic rings. The molecule has 0 atom stereocenters. The zero-order valence-electron chi connectivity index (χ0n) is 34.7. The number of nitrogens with one attached hydrogen (secondary N) is 1. The lowest BCUT2D eigenvalue weighted by molar-refractivity contribution is -0.438. The minimum absolute atomic E-state index is 0.105. The number of anilines is 2. The van der Waals surface area contributed by atoms with Gasteiger partial charge in [0.1, 0.15) is 6.54 Å². The van der Waals surface area contributed by atoms with Crippen molar-refractivity contribution < 1.29 is 30.5 Å². The second-order valence-corrected chi connectivity index (χ2v) is 19.5.